The SMILES string of the molecule is Cc1cc(=O)[nH]c(CC2CCCCNC2)n1. The summed E-state index contributed by atoms with van der Waals surface area (Å²) in [6.45, 7) is 4.02. The first-order valence-electron chi connectivity index (χ1n) is 6.01. The molecule has 0 saturated carbocycles. The molecule has 1 unspecified atom stereocenters. The van der Waals surface area contributed by atoms with Crippen LogP contribution in [-0.2, 0) is 6.42 Å². The third-order valence-electron chi connectivity index (χ3n) is 3.05. The van der Waals surface area contributed by atoms with Crippen molar-refractivity contribution in [3.63, 3.8) is 0 Å². The molecule has 88 valence electrons. The van der Waals surface area contributed by atoms with E-state index in [9.17, 15) is 4.79 Å². The predicted octanol–water partition coefficient (Wildman–Crippen LogP) is 1.01. The third kappa shape index (κ3) is 3.17. The Hall–Kier alpha value is -1.16. The highest BCUT2D eigenvalue weighted by Gasteiger charge is 2.13. The Bertz CT molecular complexity index is 391. The minimum absolute atomic E-state index is 0.0379. The van der Waals surface area contributed by atoms with E-state index in [-0.39, 0.29) is 5.56 Å². The number of aryl methyl sites for hydroxylation is 1. The van der Waals surface area contributed by atoms with E-state index in [2.05, 4.69) is 15.3 Å². The normalized spacial score (nSPS) is 21.7. The lowest BCUT2D eigenvalue weighted by atomic mass is 9.99. The first kappa shape index (κ1) is 11.3. The Kier molecular flexibility index (Phi) is 3.72. The Morgan fingerprint density at radius 1 is 1.50 bits per heavy atom. The molecule has 1 aliphatic heterocycles. The van der Waals surface area contributed by atoms with Crippen molar-refractivity contribution in [2.24, 2.45) is 5.92 Å². The van der Waals surface area contributed by atoms with Crippen LogP contribution < -0.4 is 10.9 Å². The molecule has 1 aliphatic rings. The summed E-state index contributed by atoms with van der Waals surface area (Å²) in [6, 6.07) is 1.54. The molecule has 16 heavy (non-hydrogen) atoms. The number of aromatic nitrogens is 2. The monoisotopic (exact) mass is 221 g/mol. The Balaban J connectivity index is 2.04. The third-order valence-corrected chi connectivity index (χ3v) is 3.05. The van der Waals surface area contributed by atoms with E-state index >= 15 is 0 Å². The van der Waals surface area contributed by atoms with Crippen molar-refractivity contribution in [3.05, 3.63) is 27.9 Å². The van der Waals surface area contributed by atoms with E-state index < -0.39 is 0 Å². The van der Waals surface area contributed by atoms with E-state index in [1.807, 2.05) is 6.92 Å². The van der Waals surface area contributed by atoms with Crippen LogP contribution in [0.15, 0.2) is 10.9 Å². The van der Waals surface area contributed by atoms with Gasteiger partial charge in [-0.3, -0.25) is 4.79 Å². The summed E-state index contributed by atoms with van der Waals surface area (Å²) in [7, 11) is 0. The second-order valence-corrected chi connectivity index (χ2v) is 4.60. The molecule has 2 N–H and O–H groups in total. The van der Waals surface area contributed by atoms with E-state index in [4.69, 9.17) is 0 Å². The van der Waals surface area contributed by atoms with Crippen LogP contribution in [0.2, 0.25) is 0 Å². The van der Waals surface area contributed by atoms with E-state index in [0.717, 1.165) is 31.0 Å². The standard InChI is InChI=1S/C12H19N3O/c1-9-6-12(16)15-11(14-9)7-10-4-2-3-5-13-8-10/h6,10,13H,2-5,7-8H2,1H3,(H,14,15,16). The lowest BCUT2D eigenvalue weighted by Crippen LogP contribution is -2.23. The van der Waals surface area contributed by atoms with Crippen molar-refractivity contribution in [1.82, 2.24) is 15.3 Å². The molecule has 0 amide bonds. The Morgan fingerprint density at radius 3 is 3.19 bits per heavy atom. The first-order valence-corrected chi connectivity index (χ1v) is 6.01. The molecule has 0 aromatic carbocycles. The molecule has 2 heterocycles. The Morgan fingerprint density at radius 2 is 2.38 bits per heavy atom. The molecular formula is C12H19N3O. The molecule has 0 radical (unpaired) electrons. The first-order chi connectivity index (χ1) is 7.74. The number of nitrogens with zero attached hydrogens (tertiary/aromatic N) is 1. The zero-order valence-corrected chi connectivity index (χ0v) is 9.75. The van der Waals surface area contributed by atoms with Gasteiger partial charge >= 0.3 is 0 Å². The van der Waals surface area contributed by atoms with Crippen LogP contribution in [0.5, 0.6) is 0 Å². The maximum absolute atomic E-state index is 11.3. The molecule has 2 rings (SSSR count). The van der Waals surface area contributed by atoms with Crippen LogP contribution in [0.4, 0.5) is 0 Å². The van der Waals surface area contributed by atoms with Crippen molar-refractivity contribution < 1.29 is 0 Å². The van der Waals surface area contributed by atoms with Gasteiger partial charge in [0.05, 0.1) is 0 Å². The van der Waals surface area contributed by atoms with Gasteiger partial charge in [0.15, 0.2) is 0 Å². The van der Waals surface area contributed by atoms with Crippen LogP contribution >= 0.6 is 0 Å². The highest BCUT2D eigenvalue weighted by Crippen LogP contribution is 2.14. The van der Waals surface area contributed by atoms with Crippen molar-refractivity contribution in [3.8, 4) is 0 Å². The average molecular weight is 221 g/mol. The molecule has 1 fully saturated rings. The minimum atomic E-state index is -0.0379. The number of aromatic amines is 1. The predicted molar refractivity (Wildman–Crippen MR) is 63.5 cm³/mol. The molecule has 1 aromatic rings. The lowest BCUT2D eigenvalue weighted by Gasteiger charge is -2.13. The van der Waals surface area contributed by atoms with Gasteiger partial charge in [-0.25, -0.2) is 4.98 Å². The summed E-state index contributed by atoms with van der Waals surface area (Å²) in [4.78, 5) is 18.5. The fraction of sp³-hybridized carbons (Fsp3) is 0.667. The van der Waals surface area contributed by atoms with E-state index in [0.29, 0.717) is 5.92 Å². The molecule has 0 bridgehead atoms. The van der Waals surface area contributed by atoms with Gasteiger partial charge in [0, 0.05) is 18.2 Å². The summed E-state index contributed by atoms with van der Waals surface area (Å²) < 4.78 is 0. The molecule has 4 heteroatoms. The Labute approximate surface area is 95.5 Å². The van der Waals surface area contributed by atoms with Crippen molar-refractivity contribution >= 4 is 0 Å². The van der Waals surface area contributed by atoms with Crippen LogP contribution in [0.25, 0.3) is 0 Å². The van der Waals surface area contributed by atoms with Crippen LogP contribution in [-0.4, -0.2) is 23.1 Å². The van der Waals surface area contributed by atoms with E-state index in [1.165, 1.54) is 25.3 Å². The van der Waals surface area contributed by atoms with Crippen molar-refractivity contribution in [2.75, 3.05) is 13.1 Å². The number of hydrogen-bond donors (Lipinski definition) is 2. The van der Waals surface area contributed by atoms with Gasteiger partial charge in [-0.05, 0) is 38.8 Å². The van der Waals surface area contributed by atoms with Gasteiger partial charge < -0.3 is 10.3 Å². The highest BCUT2D eigenvalue weighted by atomic mass is 16.1. The van der Waals surface area contributed by atoms with Gasteiger partial charge in [0.25, 0.3) is 5.56 Å². The largest absolute Gasteiger partial charge is 0.316 e. The quantitative estimate of drug-likeness (QED) is 0.783. The van der Waals surface area contributed by atoms with Crippen molar-refractivity contribution in [2.45, 2.75) is 32.6 Å². The topological polar surface area (TPSA) is 57.8 Å². The second kappa shape index (κ2) is 5.25. The number of H-pyrrole nitrogens is 1. The maximum Gasteiger partial charge on any atom is 0.251 e. The maximum atomic E-state index is 11.3. The fourth-order valence-electron chi connectivity index (χ4n) is 2.28. The van der Waals surface area contributed by atoms with E-state index in [1.54, 1.807) is 0 Å². The number of hydrogen-bond acceptors (Lipinski definition) is 3. The summed E-state index contributed by atoms with van der Waals surface area (Å²) in [5, 5.41) is 3.43. The lowest BCUT2D eigenvalue weighted by molar-refractivity contribution is 0.466. The minimum Gasteiger partial charge on any atom is -0.316 e. The zero-order chi connectivity index (χ0) is 11.4. The molecule has 4 nitrogen and oxygen atoms in total. The summed E-state index contributed by atoms with van der Waals surface area (Å²) >= 11 is 0. The van der Waals surface area contributed by atoms with Gasteiger partial charge in [0.1, 0.15) is 5.82 Å². The van der Waals surface area contributed by atoms with Gasteiger partial charge in [-0.2, -0.15) is 0 Å². The summed E-state index contributed by atoms with van der Waals surface area (Å²) in [5.74, 6) is 1.44. The zero-order valence-electron chi connectivity index (χ0n) is 9.75. The number of rotatable bonds is 2. The van der Waals surface area contributed by atoms with Crippen LogP contribution in [0.3, 0.4) is 0 Å². The van der Waals surface area contributed by atoms with Crippen LogP contribution in [0.1, 0.15) is 30.8 Å². The number of nitrogens with one attached hydrogen (secondary N) is 2. The molecule has 1 atom stereocenters. The van der Waals surface area contributed by atoms with Crippen molar-refractivity contribution in [1.29, 1.82) is 0 Å². The average Bonchev–Trinajstić information content (AvgIpc) is 2.44. The second-order valence-electron chi connectivity index (χ2n) is 4.60. The van der Waals surface area contributed by atoms with Gasteiger partial charge in [0.2, 0.25) is 0 Å². The van der Waals surface area contributed by atoms with Gasteiger partial charge in [-0.15, -0.1) is 0 Å². The molecular weight excluding hydrogens is 202 g/mol. The summed E-state index contributed by atoms with van der Waals surface area (Å²) in [6.07, 6.45) is 4.64. The highest BCUT2D eigenvalue weighted by molar-refractivity contribution is 5.01. The molecule has 1 saturated heterocycles. The molecule has 0 spiro atoms. The molecule has 0 aliphatic carbocycles. The molecule has 1 aromatic heterocycles. The van der Waals surface area contributed by atoms with Gasteiger partial charge in [-0.1, -0.05) is 6.42 Å². The summed E-state index contributed by atoms with van der Waals surface area (Å²) in [5.41, 5.74) is 0.768. The smallest absolute Gasteiger partial charge is 0.251 e. The van der Waals surface area contributed by atoms with Crippen LogP contribution in [0, 0.1) is 12.8 Å². The fourth-order valence-corrected chi connectivity index (χ4v) is 2.28.